The zero-order chi connectivity index (χ0) is 44.6. The largest absolute Gasteiger partial charge is 0.451 e. The zero-order valence-corrected chi connectivity index (χ0v) is 37.7. The van der Waals surface area contributed by atoms with E-state index in [1.54, 1.807) is 18.7 Å². The zero-order valence-electron chi connectivity index (χ0n) is 37.7. The summed E-state index contributed by atoms with van der Waals surface area (Å²) >= 11 is 0. The van der Waals surface area contributed by atoms with Crippen molar-refractivity contribution in [2.24, 2.45) is 0 Å². The molecule has 4 aromatic heterocycles. The Morgan fingerprint density at radius 3 is 1.23 bits per heavy atom. The molecule has 12 heteroatoms. The lowest BCUT2D eigenvalue weighted by Crippen LogP contribution is -2.30. The van der Waals surface area contributed by atoms with Crippen molar-refractivity contribution in [2.45, 2.75) is 23.7 Å². The summed E-state index contributed by atoms with van der Waals surface area (Å²) in [7, 11) is 16.5. The number of allylic oxidation sites excluding steroid dienone is 2. The predicted octanol–water partition coefficient (Wildman–Crippen LogP) is 9.50. The minimum absolute atomic E-state index is 0.295. The maximum atomic E-state index is 5.50. The van der Waals surface area contributed by atoms with Crippen LogP contribution in [0.15, 0.2) is 143 Å². The second kappa shape index (κ2) is 16.9. The Kier molecular flexibility index (Phi) is 11.0. The molecule has 2 N–H and O–H groups in total. The van der Waals surface area contributed by atoms with Crippen molar-refractivity contribution in [2.75, 3.05) is 76.0 Å². The van der Waals surface area contributed by atoms with E-state index >= 15 is 0 Å². The molecule has 64 heavy (non-hydrogen) atoms. The van der Waals surface area contributed by atoms with E-state index < -0.39 is 0 Å². The Labute approximate surface area is 374 Å². The molecular weight excluding hydrogens is 797 g/mol. The van der Waals surface area contributed by atoms with Gasteiger partial charge in [0.2, 0.25) is 5.89 Å². The van der Waals surface area contributed by atoms with Gasteiger partial charge in [-0.15, -0.1) is 0 Å². The number of benzene rings is 4. The molecule has 0 spiro atoms. The van der Waals surface area contributed by atoms with Gasteiger partial charge in [0.15, 0.2) is 12.1 Å². The molecule has 10 rings (SSSR count). The Hall–Kier alpha value is -7.60. The lowest BCUT2D eigenvalue weighted by molar-refractivity contribution is 0.558. The molecule has 12 nitrogen and oxygen atoms in total. The minimum atomic E-state index is -0.302. The Balaban J connectivity index is 0.000000162. The second-order valence-corrected chi connectivity index (χ2v) is 17.4. The summed E-state index contributed by atoms with van der Waals surface area (Å²) in [5.41, 5.74) is 15.7. The highest BCUT2D eigenvalue weighted by Crippen LogP contribution is 2.45. The molecule has 0 bridgehead atoms. The molecule has 2 aliphatic carbocycles. The number of aromatic nitrogens is 6. The van der Waals surface area contributed by atoms with E-state index in [0.29, 0.717) is 5.89 Å². The van der Waals surface area contributed by atoms with E-state index in [-0.39, 0.29) is 10.8 Å². The van der Waals surface area contributed by atoms with Crippen LogP contribution in [-0.2, 0) is 23.7 Å². The molecule has 0 amide bonds. The lowest BCUT2D eigenvalue weighted by atomic mass is 9.68. The van der Waals surface area contributed by atoms with Crippen molar-refractivity contribution in [1.29, 1.82) is 0 Å². The van der Waals surface area contributed by atoms with Crippen molar-refractivity contribution >= 4 is 34.9 Å². The van der Waals surface area contributed by atoms with Gasteiger partial charge >= 0.3 is 0 Å². The molecular formula is C52H54N10O2. The fourth-order valence-corrected chi connectivity index (χ4v) is 8.91. The number of nitrogens with one attached hydrogen (secondary N) is 2. The van der Waals surface area contributed by atoms with Crippen LogP contribution in [0.25, 0.3) is 35.1 Å². The van der Waals surface area contributed by atoms with E-state index in [0.717, 1.165) is 52.4 Å². The normalized spacial score (nSPS) is 14.2. The number of aromatic amines is 2. The SMILES string of the molecule is CN(C)c1ccc(C2(c3ccc(N(C)C)cc3)C=Cc3c(-c4cocn4)n[nH]c3C2)cc1.CN(C)c1ccc(C2(c3ccc(N(C)C)cc3)C=Cc3c(-c4ncco4)n[nH]c3C2)cc1. The summed E-state index contributed by atoms with van der Waals surface area (Å²) < 4.78 is 10.7. The second-order valence-electron chi connectivity index (χ2n) is 17.4. The third-order valence-corrected chi connectivity index (χ3v) is 12.7. The molecule has 0 fully saturated rings. The molecule has 0 atom stereocenters. The summed E-state index contributed by atoms with van der Waals surface area (Å²) in [5.74, 6) is 0.533. The molecule has 0 unspecified atom stereocenters. The number of anilines is 4. The molecule has 324 valence electrons. The number of oxazole rings is 2. The first-order valence-corrected chi connectivity index (χ1v) is 21.4. The Morgan fingerprint density at radius 2 is 0.891 bits per heavy atom. The van der Waals surface area contributed by atoms with Gasteiger partial charge in [0, 0.05) is 125 Å². The van der Waals surface area contributed by atoms with Crippen molar-refractivity contribution in [3.63, 3.8) is 0 Å². The average Bonchev–Trinajstić information content (AvgIpc) is 4.17. The minimum Gasteiger partial charge on any atom is -0.451 e. The molecule has 2 aliphatic rings. The Morgan fingerprint density at radius 1 is 0.500 bits per heavy atom. The fraction of sp³-hybridized carbons (Fsp3) is 0.231. The van der Waals surface area contributed by atoms with E-state index in [2.05, 4.69) is 228 Å². The summed E-state index contributed by atoms with van der Waals surface area (Å²) in [5, 5.41) is 15.6. The highest BCUT2D eigenvalue weighted by Gasteiger charge is 2.38. The van der Waals surface area contributed by atoms with Crippen LogP contribution in [0.2, 0.25) is 0 Å². The smallest absolute Gasteiger partial charge is 0.247 e. The van der Waals surface area contributed by atoms with Crippen LogP contribution in [0.4, 0.5) is 22.7 Å². The maximum Gasteiger partial charge on any atom is 0.247 e. The fourth-order valence-electron chi connectivity index (χ4n) is 8.91. The van der Waals surface area contributed by atoms with Gasteiger partial charge < -0.3 is 28.4 Å². The van der Waals surface area contributed by atoms with Gasteiger partial charge in [-0.05, 0) is 70.8 Å². The van der Waals surface area contributed by atoms with E-state index in [4.69, 9.17) is 8.83 Å². The van der Waals surface area contributed by atoms with E-state index in [1.165, 1.54) is 51.4 Å². The molecule has 8 aromatic rings. The van der Waals surface area contributed by atoms with Gasteiger partial charge in [-0.1, -0.05) is 72.8 Å². The van der Waals surface area contributed by atoms with Gasteiger partial charge in [0.1, 0.15) is 23.9 Å². The number of H-pyrrole nitrogens is 2. The van der Waals surface area contributed by atoms with Crippen LogP contribution >= 0.6 is 0 Å². The quantitative estimate of drug-likeness (QED) is 0.138. The van der Waals surface area contributed by atoms with Crippen LogP contribution in [0.5, 0.6) is 0 Å². The predicted molar refractivity (Wildman–Crippen MR) is 258 cm³/mol. The van der Waals surface area contributed by atoms with Crippen LogP contribution in [0.1, 0.15) is 44.8 Å². The summed E-state index contributed by atoms with van der Waals surface area (Å²) in [4.78, 5) is 17.0. The highest BCUT2D eigenvalue weighted by molar-refractivity contribution is 5.76. The van der Waals surface area contributed by atoms with Crippen LogP contribution in [0.3, 0.4) is 0 Å². The summed E-state index contributed by atoms with van der Waals surface area (Å²) in [6.07, 6.45) is 16.8. The van der Waals surface area contributed by atoms with Crippen molar-refractivity contribution in [1.82, 2.24) is 30.4 Å². The van der Waals surface area contributed by atoms with Gasteiger partial charge in [-0.25, -0.2) is 9.97 Å². The highest BCUT2D eigenvalue weighted by atomic mass is 16.3. The number of nitrogens with zero attached hydrogens (tertiary/aromatic N) is 8. The number of hydrogen-bond acceptors (Lipinski definition) is 10. The van der Waals surface area contributed by atoms with Crippen molar-refractivity contribution in [3.05, 3.63) is 179 Å². The first kappa shape index (κ1) is 41.7. The number of rotatable bonds is 10. The van der Waals surface area contributed by atoms with Crippen LogP contribution in [0, 0.1) is 0 Å². The van der Waals surface area contributed by atoms with Gasteiger partial charge in [-0.2, -0.15) is 10.2 Å². The summed E-state index contributed by atoms with van der Waals surface area (Å²) in [6, 6.07) is 35.3. The van der Waals surface area contributed by atoms with Crippen LogP contribution < -0.4 is 19.6 Å². The average molecular weight is 851 g/mol. The summed E-state index contributed by atoms with van der Waals surface area (Å²) in [6.45, 7) is 0. The number of fused-ring (bicyclic) bond motifs is 2. The van der Waals surface area contributed by atoms with E-state index in [1.807, 2.05) is 0 Å². The maximum absolute atomic E-state index is 5.50. The molecule has 4 heterocycles. The number of hydrogen-bond donors (Lipinski definition) is 2. The topological polar surface area (TPSA) is 122 Å². The first-order chi connectivity index (χ1) is 31.0. The molecule has 0 radical (unpaired) electrons. The molecule has 4 aromatic carbocycles. The molecule has 0 aliphatic heterocycles. The third kappa shape index (κ3) is 7.65. The third-order valence-electron chi connectivity index (χ3n) is 12.7. The van der Waals surface area contributed by atoms with Crippen molar-refractivity contribution in [3.8, 4) is 23.0 Å². The first-order valence-electron chi connectivity index (χ1n) is 21.4. The molecule has 0 saturated heterocycles. The van der Waals surface area contributed by atoms with Crippen molar-refractivity contribution < 1.29 is 8.83 Å². The lowest BCUT2D eigenvalue weighted by Gasteiger charge is -2.35. The van der Waals surface area contributed by atoms with Gasteiger partial charge in [-0.3, -0.25) is 10.2 Å². The van der Waals surface area contributed by atoms with Gasteiger partial charge in [0.05, 0.1) is 6.20 Å². The monoisotopic (exact) mass is 850 g/mol. The van der Waals surface area contributed by atoms with E-state index in [9.17, 15) is 0 Å². The standard InChI is InChI=1S/2C26H27N5O/c1-30(2)20-9-5-18(6-10-20)26(19-7-11-21(12-8-19)31(3)4)14-13-22-23(15-26)28-29-25(22)24-16-32-17-27-24;1-30(2)20-9-5-18(6-10-20)26(19-7-11-21(12-8-19)31(3)4)14-13-22-23(17-26)28-29-24(22)25-27-15-16-32-25/h5-14,16-17H,15H2,1-4H3,(H,28,29);5-16H,17H2,1-4H3,(H,28,29). The molecule has 0 saturated carbocycles. The van der Waals surface area contributed by atoms with Gasteiger partial charge in [0.25, 0.3) is 0 Å². The Bertz CT molecular complexity index is 2560. The van der Waals surface area contributed by atoms with Crippen LogP contribution in [-0.4, -0.2) is 86.7 Å².